The predicted octanol–water partition coefficient (Wildman–Crippen LogP) is 2.63. The van der Waals surface area contributed by atoms with Crippen molar-refractivity contribution in [1.82, 2.24) is 15.3 Å². The van der Waals surface area contributed by atoms with Crippen LogP contribution < -0.4 is 10.1 Å². The van der Waals surface area contributed by atoms with Crippen LogP contribution in [0.3, 0.4) is 0 Å². The third kappa shape index (κ3) is 5.16. The Kier molecular flexibility index (Phi) is 6.36. The van der Waals surface area contributed by atoms with Crippen molar-refractivity contribution < 1.29 is 9.53 Å². The van der Waals surface area contributed by atoms with Crippen molar-refractivity contribution in [2.45, 2.75) is 26.2 Å². The van der Waals surface area contributed by atoms with Gasteiger partial charge in [0.1, 0.15) is 12.1 Å². The zero-order valence-corrected chi connectivity index (χ0v) is 12.8. The van der Waals surface area contributed by atoms with Gasteiger partial charge in [-0.2, -0.15) is 0 Å². The van der Waals surface area contributed by atoms with Crippen LogP contribution in [0, 0.1) is 0 Å². The quantitative estimate of drug-likeness (QED) is 0.761. The molecule has 0 unspecified atom stereocenters. The molecule has 0 spiro atoms. The lowest BCUT2D eigenvalue weighted by molar-refractivity contribution is 0.0954. The maximum absolute atomic E-state index is 12.0. The fourth-order valence-corrected chi connectivity index (χ4v) is 1.92. The van der Waals surface area contributed by atoms with Gasteiger partial charge in [0.2, 0.25) is 0 Å². The lowest BCUT2D eigenvalue weighted by atomic mass is 10.2. The Balaban J connectivity index is 1.77. The summed E-state index contributed by atoms with van der Waals surface area (Å²) in [4.78, 5) is 19.9. The molecule has 2 aromatic rings. The number of nitrogens with zero attached hydrogens (tertiary/aromatic N) is 2. The van der Waals surface area contributed by atoms with Crippen molar-refractivity contribution in [3.05, 3.63) is 54.1 Å². The highest BCUT2D eigenvalue weighted by atomic mass is 16.5. The Morgan fingerprint density at radius 1 is 1.18 bits per heavy atom. The molecule has 0 aliphatic rings. The van der Waals surface area contributed by atoms with Gasteiger partial charge in [-0.15, -0.1) is 0 Å². The van der Waals surface area contributed by atoms with E-state index >= 15 is 0 Å². The molecule has 1 heterocycles. The molecule has 0 atom stereocenters. The minimum Gasteiger partial charge on any atom is -0.494 e. The van der Waals surface area contributed by atoms with Gasteiger partial charge < -0.3 is 10.1 Å². The summed E-state index contributed by atoms with van der Waals surface area (Å²) in [5.74, 6) is 0.711. The molecular formula is C17H21N3O2. The highest BCUT2D eigenvalue weighted by Gasteiger charge is 2.05. The molecule has 1 amide bonds. The molecule has 0 aliphatic heterocycles. The first-order valence-electron chi connectivity index (χ1n) is 7.54. The van der Waals surface area contributed by atoms with Gasteiger partial charge in [-0.3, -0.25) is 4.79 Å². The molecule has 5 nitrogen and oxygen atoms in total. The summed E-state index contributed by atoms with van der Waals surface area (Å²) in [5.41, 5.74) is 1.63. The van der Waals surface area contributed by atoms with Crippen molar-refractivity contribution in [2.24, 2.45) is 0 Å². The second-order valence-electron chi connectivity index (χ2n) is 4.98. The Hall–Kier alpha value is -2.43. The molecule has 0 aliphatic carbocycles. The first kappa shape index (κ1) is 15.9. The number of nitrogens with one attached hydrogen (secondary N) is 1. The summed E-state index contributed by atoms with van der Waals surface area (Å²) in [6.07, 6.45) is 7.85. The fourth-order valence-electron chi connectivity index (χ4n) is 1.92. The van der Waals surface area contributed by atoms with Crippen LogP contribution in [0.1, 0.15) is 35.7 Å². The second kappa shape index (κ2) is 8.77. The minimum absolute atomic E-state index is 0.0862. The Morgan fingerprint density at radius 2 is 1.91 bits per heavy atom. The number of benzene rings is 1. The van der Waals surface area contributed by atoms with Crippen LogP contribution in [0.15, 0.2) is 43.0 Å². The van der Waals surface area contributed by atoms with E-state index in [0.29, 0.717) is 25.1 Å². The summed E-state index contributed by atoms with van der Waals surface area (Å²) in [5, 5.41) is 2.88. The van der Waals surface area contributed by atoms with Crippen molar-refractivity contribution in [3.8, 4) is 5.75 Å². The molecule has 0 radical (unpaired) electrons. The molecule has 0 bridgehead atoms. The van der Waals surface area contributed by atoms with E-state index < -0.39 is 0 Å². The van der Waals surface area contributed by atoms with Crippen molar-refractivity contribution >= 4 is 5.91 Å². The minimum atomic E-state index is -0.0862. The third-order valence-electron chi connectivity index (χ3n) is 3.20. The number of hydrogen-bond donors (Lipinski definition) is 1. The summed E-state index contributed by atoms with van der Waals surface area (Å²) < 4.78 is 5.57. The zero-order valence-electron chi connectivity index (χ0n) is 12.8. The summed E-state index contributed by atoms with van der Waals surface area (Å²) in [6, 6.07) is 7.22. The lowest BCUT2D eigenvalue weighted by Crippen LogP contribution is -2.25. The smallest absolute Gasteiger partial charge is 0.251 e. The topological polar surface area (TPSA) is 64.1 Å². The van der Waals surface area contributed by atoms with Crippen LogP contribution in [0.2, 0.25) is 0 Å². The Bertz CT molecular complexity index is 570. The zero-order chi connectivity index (χ0) is 15.6. The van der Waals surface area contributed by atoms with Gasteiger partial charge in [-0.25, -0.2) is 9.97 Å². The van der Waals surface area contributed by atoms with Crippen molar-refractivity contribution in [1.29, 1.82) is 0 Å². The summed E-state index contributed by atoms with van der Waals surface area (Å²) in [7, 11) is 0. The molecule has 5 heteroatoms. The average molecular weight is 299 g/mol. The van der Waals surface area contributed by atoms with E-state index in [0.717, 1.165) is 24.2 Å². The van der Waals surface area contributed by atoms with Gasteiger partial charge in [0.15, 0.2) is 0 Å². The first-order valence-corrected chi connectivity index (χ1v) is 7.54. The van der Waals surface area contributed by atoms with E-state index in [2.05, 4.69) is 22.2 Å². The number of rotatable bonds is 8. The van der Waals surface area contributed by atoms with Crippen LogP contribution in [0.25, 0.3) is 0 Å². The monoisotopic (exact) mass is 299 g/mol. The van der Waals surface area contributed by atoms with Gasteiger partial charge in [0.05, 0.1) is 6.61 Å². The van der Waals surface area contributed by atoms with Crippen molar-refractivity contribution in [2.75, 3.05) is 13.2 Å². The van der Waals surface area contributed by atoms with Gasteiger partial charge in [0, 0.05) is 24.5 Å². The molecule has 1 aromatic carbocycles. The molecule has 0 saturated heterocycles. The lowest BCUT2D eigenvalue weighted by Gasteiger charge is -2.07. The molecule has 1 aromatic heterocycles. The highest BCUT2D eigenvalue weighted by Crippen LogP contribution is 2.12. The summed E-state index contributed by atoms with van der Waals surface area (Å²) in [6.45, 7) is 3.39. The van der Waals surface area contributed by atoms with Crippen molar-refractivity contribution in [3.63, 3.8) is 0 Å². The molecule has 0 saturated carbocycles. The number of carbonyl (C=O) groups is 1. The first-order chi connectivity index (χ1) is 10.8. The average Bonchev–Trinajstić information content (AvgIpc) is 2.56. The number of aromatic nitrogens is 2. The number of ether oxygens (including phenoxy) is 1. The number of carbonyl (C=O) groups excluding carboxylic acids is 1. The van der Waals surface area contributed by atoms with Gasteiger partial charge in [-0.05, 0) is 42.7 Å². The van der Waals surface area contributed by atoms with Crippen LogP contribution in [0.5, 0.6) is 5.75 Å². The van der Waals surface area contributed by atoms with E-state index in [9.17, 15) is 4.79 Å². The maximum Gasteiger partial charge on any atom is 0.251 e. The van der Waals surface area contributed by atoms with E-state index in [4.69, 9.17) is 4.74 Å². The molecule has 0 fully saturated rings. The molecule has 1 N–H and O–H groups in total. The number of hydrogen-bond acceptors (Lipinski definition) is 4. The third-order valence-corrected chi connectivity index (χ3v) is 3.20. The standard InChI is InChI=1S/C17H21N3O2/c1-2-3-10-22-16-6-4-15(5-7-16)17(21)20-9-8-14-11-18-13-19-12-14/h4-7,11-13H,2-3,8-10H2,1H3,(H,20,21). The molecule has 22 heavy (non-hydrogen) atoms. The van der Waals surface area contributed by atoms with E-state index in [1.807, 2.05) is 12.1 Å². The molecule has 2 rings (SSSR count). The fraction of sp³-hybridized carbons (Fsp3) is 0.353. The van der Waals surface area contributed by atoms with E-state index in [-0.39, 0.29) is 5.91 Å². The Morgan fingerprint density at radius 3 is 2.59 bits per heavy atom. The summed E-state index contributed by atoms with van der Waals surface area (Å²) >= 11 is 0. The largest absolute Gasteiger partial charge is 0.494 e. The van der Waals surface area contributed by atoms with Crippen LogP contribution >= 0.6 is 0 Å². The van der Waals surface area contributed by atoms with Gasteiger partial charge >= 0.3 is 0 Å². The van der Waals surface area contributed by atoms with Crippen LogP contribution in [0.4, 0.5) is 0 Å². The Labute approximate surface area is 130 Å². The normalized spacial score (nSPS) is 10.2. The van der Waals surface area contributed by atoms with Crippen LogP contribution in [-0.2, 0) is 6.42 Å². The second-order valence-corrected chi connectivity index (χ2v) is 4.98. The molecular weight excluding hydrogens is 278 g/mol. The predicted molar refractivity (Wildman–Crippen MR) is 84.9 cm³/mol. The number of unbranched alkanes of at least 4 members (excludes halogenated alkanes) is 1. The molecule has 116 valence electrons. The highest BCUT2D eigenvalue weighted by molar-refractivity contribution is 5.94. The maximum atomic E-state index is 12.0. The van der Waals surface area contributed by atoms with Crippen LogP contribution in [-0.4, -0.2) is 29.0 Å². The number of amides is 1. The van der Waals surface area contributed by atoms with Gasteiger partial charge in [-0.1, -0.05) is 13.3 Å². The van der Waals surface area contributed by atoms with E-state index in [1.165, 1.54) is 6.33 Å². The van der Waals surface area contributed by atoms with E-state index in [1.54, 1.807) is 24.5 Å². The van der Waals surface area contributed by atoms with Gasteiger partial charge in [0.25, 0.3) is 5.91 Å². The SMILES string of the molecule is CCCCOc1ccc(C(=O)NCCc2cncnc2)cc1.